The van der Waals surface area contributed by atoms with E-state index in [-0.39, 0.29) is 59.5 Å². The molecule has 8 nitrogen and oxygen atoms in total. The fourth-order valence-electron chi connectivity index (χ4n) is 4.56. The molecule has 0 spiro atoms. The van der Waals surface area contributed by atoms with Gasteiger partial charge < -0.3 is 20.1 Å². The van der Waals surface area contributed by atoms with Gasteiger partial charge in [-0.2, -0.15) is 0 Å². The number of nitrogens with zero attached hydrogens (tertiary/aromatic N) is 2. The molecule has 3 aliphatic rings. The molecule has 4 atom stereocenters. The lowest BCUT2D eigenvalue weighted by Gasteiger charge is -2.18. The first-order chi connectivity index (χ1) is 14.2. The molecule has 30 heavy (non-hydrogen) atoms. The summed E-state index contributed by atoms with van der Waals surface area (Å²) in [6, 6.07) is 0. The summed E-state index contributed by atoms with van der Waals surface area (Å²) in [6.07, 6.45) is 7.09. The maximum atomic E-state index is 12.7. The molecule has 0 aromatic carbocycles. The number of rotatable bonds is 12. The molecule has 2 bridgehead atoms. The number of hydrogen-bond acceptors (Lipinski definition) is 5. The molecule has 2 aliphatic carbocycles. The number of carbonyl (C=O) groups is 2. The van der Waals surface area contributed by atoms with Gasteiger partial charge in [0.25, 0.3) is 0 Å². The third-order valence-electron chi connectivity index (χ3n) is 5.93. The van der Waals surface area contributed by atoms with E-state index in [9.17, 15) is 9.59 Å². The first-order valence-corrected chi connectivity index (χ1v) is 10.8. The summed E-state index contributed by atoms with van der Waals surface area (Å²) in [5, 5.41) is 6.45. The molecule has 2 amide bonds. The fourth-order valence-corrected chi connectivity index (χ4v) is 4.56. The van der Waals surface area contributed by atoms with Gasteiger partial charge in [0.2, 0.25) is 11.8 Å². The Morgan fingerprint density at radius 3 is 2.43 bits per heavy atom. The SMILES string of the molecule is CCNC(=NCCCCOCCOC)NCCN1C(=O)C2C3C=CC(C3)C2C1=O.I. The fraction of sp³-hybridized carbons (Fsp3) is 0.762. The van der Waals surface area contributed by atoms with E-state index in [1.807, 2.05) is 6.92 Å². The van der Waals surface area contributed by atoms with Gasteiger partial charge in [-0.3, -0.25) is 19.5 Å². The highest BCUT2D eigenvalue weighted by Gasteiger charge is 2.58. The van der Waals surface area contributed by atoms with Crippen molar-refractivity contribution in [2.75, 3.05) is 53.1 Å². The van der Waals surface area contributed by atoms with Crippen LogP contribution in [0.1, 0.15) is 26.2 Å². The molecule has 1 aliphatic heterocycles. The smallest absolute Gasteiger partial charge is 0.233 e. The van der Waals surface area contributed by atoms with Crippen LogP contribution in [-0.4, -0.2) is 75.8 Å². The minimum atomic E-state index is -0.120. The largest absolute Gasteiger partial charge is 0.382 e. The van der Waals surface area contributed by atoms with Gasteiger partial charge >= 0.3 is 0 Å². The van der Waals surface area contributed by atoms with E-state index in [0.29, 0.717) is 45.4 Å². The maximum absolute atomic E-state index is 12.7. The molecule has 1 heterocycles. The highest BCUT2D eigenvalue weighted by Crippen LogP contribution is 2.52. The van der Waals surface area contributed by atoms with Crippen molar-refractivity contribution in [3.8, 4) is 0 Å². The zero-order chi connectivity index (χ0) is 20.6. The van der Waals surface area contributed by atoms with Gasteiger partial charge in [0.15, 0.2) is 5.96 Å². The minimum absolute atomic E-state index is 0. The Bertz CT molecular complexity index is 612. The van der Waals surface area contributed by atoms with Gasteiger partial charge in [-0.25, -0.2) is 0 Å². The topological polar surface area (TPSA) is 92.3 Å². The molecule has 170 valence electrons. The number of methoxy groups -OCH3 is 1. The quantitative estimate of drug-likeness (QED) is 0.0983. The Kier molecular flexibility index (Phi) is 10.5. The average molecular weight is 534 g/mol. The molecular formula is C21H35IN4O4. The predicted molar refractivity (Wildman–Crippen MR) is 126 cm³/mol. The van der Waals surface area contributed by atoms with Crippen molar-refractivity contribution in [1.29, 1.82) is 0 Å². The molecule has 1 saturated heterocycles. The van der Waals surface area contributed by atoms with Crippen molar-refractivity contribution in [3.63, 3.8) is 0 Å². The van der Waals surface area contributed by atoms with Gasteiger partial charge in [0.1, 0.15) is 0 Å². The second kappa shape index (κ2) is 12.6. The highest BCUT2D eigenvalue weighted by molar-refractivity contribution is 14.0. The lowest BCUT2D eigenvalue weighted by Crippen LogP contribution is -2.43. The third-order valence-corrected chi connectivity index (χ3v) is 5.93. The van der Waals surface area contributed by atoms with Crippen LogP contribution in [0.2, 0.25) is 0 Å². The number of nitrogens with one attached hydrogen (secondary N) is 2. The van der Waals surface area contributed by atoms with Crippen LogP contribution in [0, 0.1) is 23.7 Å². The molecule has 2 fully saturated rings. The van der Waals surface area contributed by atoms with Crippen LogP contribution < -0.4 is 10.6 Å². The summed E-state index contributed by atoms with van der Waals surface area (Å²) in [7, 11) is 1.66. The number of imide groups is 1. The van der Waals surface area contributed by atoms with Crippen LogP contribution in [0.15, 0.2) is 17.1 Å². The Hall–Kier alpha value is -1.20. The van der Waals surface area contributed by atoms with E-state index in [0.717, 1.165) is 25.8 Å². The van der Waals surface area contributed by atoms with Crippen LogP contribution >= 0.6 is 24.0 Å². The number of allylic oxidation sites excluding steroid dienone is 2. The predicted octanol–water partition coefficient (Wildman–Crippen LogP) is 1.41. The van der Waals surface area contributed by atoms with E-state index >= 15 is 0 Å². The Morgan fingerprint density at radius 1 is 1.10 bits per heavy atom. The van der Waals surface area contributed by atoms with E-state index in [1.54, 1.807) is 7.11 Å². The lowest BCUT2D eigenvalue weighted by molar-refractivity contribution is -0.140. The molecule has 0 aromatic rings. The maximum Gasteiger partial charge on any atom is 0.233 e. The number of ether oxygens (including phenoxy) is 2. The summed E-state index contributed by atoms with van der Waals surface area (Å²) in [4.78, 5) is 31.4. The summed E-state index contributed by atoms with van der Waals surface area (Å²) in [5.74, 6) is 1.02. The summed E-state index contributed by atoms with van der Waals surface area (Å²) < 4.78 is 10.4. The van der Waals surface area contributed by atoms with E-state index < -0.39 is 0 Å². The van der Waals surface area contributed by atoms with E-state index in [1.165, 1.54) is 4.90 Å². The number of hydrogen-bond donors (Lipinski definition) is 2. The number of likely N-dealkylation sites (tertiary alicyclic amines) is 1. The average Bonchev–Trinajstić information content (AvgIpc) is 3.39. The van der Waals surface area contributed by atoms with Crippen molar-refractivity contribution in [2.45, 2.75) is 26.2 Å². The van der Waals surface area contributed by atoms with E-state index in [4.69, 9.17) is 9.47 Å². The Labute approximate surface area is 196 Å². The number of amides is 2. The van der Waals surface area contributed by atoms with Crippen LogP contribution in [-0.2, 0) is 19.1 Å². The summed E-state index contributed by atoms with van der Waals surface area (Å²) in [5.41, 5.74) is 0. The van der Waals surface area contributed by atoms with Crippen molar-refractivity contribution in [2.24, 2.45) is 28.7 Å². The van der Waals surface area contributed by atoms with Crippen LogP contribution in [0.25, 0.3) is 0 Å². The molecule has 2 N–H and O–H groups in total. The summed E-state index contributed by atoms with van der Waals surface area (Å²) in [6.45, 7) is 6.31. The summed E-state index contributed by atoms with van der Waals surface area (Å²) >= 11 is 0. The zero-order valence-electron chi connectivity index (χ0n) is 18.0. The van der Waals surface area contributed by atoms with Gasteiger partial charge in [0, 0.05) is 39.9 Å². The van der Waals surface area contributed by atoms with Gasteiger partial charge in [-0.05, 0) is 38.0 Å². The molecule has 3 rings (SSSR count). The minimum Gasteiger partial charge on any atom is -0.382 e. The standard InChI is InChI=1S/C21H34N4O4.HI/c1-3-22-21(23-8-4-5-11-29-13-12-28-2)24-9-10-25-19(26)17-15-6-7-16(14-15)18(17)20(25)27;/h6-7,15-18H,3-5,8-14H2,1-2H3,(H2,22,23,24);1H. The molecule has 4 unspecified atom stereocenters. The van der Waals surface area contributed by atoms with Gasteiger partial charge in [0.05, 0.1) is 25.0 Å². The second-order valence-corrected chi connectivity index (χ2v) is 7.83. The normalized spacial score (nSPS) is 26.9. The van der Waals surface area contributed by atoms with Crippen molar-refractivity contribution in [1.82, 2.24) is 15.5 Å². The number of guanidine groups is 1. The molecule has 0 radical (unpaired) electrons. The number of halogens is 1. The first kappa shape index (κ1) is 25.1. The molecular weight excluding hydrogens is 499 g/mol. The van der Waals surface area contributed by atoms with Crippen LogP contribution in [0.3, 0.4) is 0 Å². The van der Waals surface area contributed by atoms with Crippen LogP contribution in [0.4, 0.5) is 0 Å². The van der Waals surface area contributed by atoms with Gasteiger partial charge in [-0.15, -0.1) is 24.0 Å². The second-order valence-electron chi connectivity index (χ2n) is 7.83. The Morgan fingerprint density at radius 2 is 1.80 bits per heavy atom. The number of unbranched alkanes of at least 4 members (excludes halogenated alkanes) is 1. The van der Waals surface area contributed by atoms with Crippen molar-refractivity contribution >= 4 is 41.8 Å². The van der Waals surface area contributed by atoms with Gasteiger partial charge in [-0.1, -0.05) is 12.2 Å². The molecule has 9 heteroatoms. The number of fused-ring (bicyclic) bond motifs is 5. The third kappa shape index (κ3) is 5.94. The first-order valence-electron chi connectivity index (χ1n) is 10.8. The lowest BCUT2D eigenvalue weighted by atomic mass is 9.85. The number of aliphatic imine (C=N–C) groups is 1. The van der Waals surface area contributed by atoms with Crippen molar-refractivity contribution < 1.29 is 19.1 Å². The molecule has 1 saturated carbocycles. The Balaban J connectivity index is 0.00000320. The number of carbonyl (C=O) groups excluding carboxylic acids is 2. The zero-order valence-corrected chi connectivity index (χ0v) is 20.3. The highest BCUT2D eigenvalue weighted by atomic mass is 127. The van der Waals surface area contributed by atoms with Crippen LogP contribution in [0.5, 0.6) is 0 Å². The monoisotopic (exact) mass is 534 g/mol. The van der Waals surface area contributed by atoms with Crippen molar-refractivity contribution in [3.05, 3.63) is 12.2 Å². The van der Waals surface area contributed by atoms with E-state index in [2.05, 4.69) is 27.8 Å². The molecule has 0 aromatic heterocycles.